The number of halogens is 5. The summed E-state index contributed by atoms with van der Waals surface area (Å²) in [7, 11) is -3.62. The minimum absolute atomic E-state index is 0. The number of sulfone groups is 1. The maximum atomic E-state index is 12.7. The molecule has 14 heteroatoms. The van der Waals surface area contributed by atoms with E-state index in [-0.39, 0.29) is 64.0 Å². The molecule has 0 amide bonds. The molecular weight excluding hydrogens is 640 g/mol. The van der Waals surface area contributed by atoms with E-state index in [0.717, 1.165) is 43.6 Å². The summed E-state index contributed by atoms with van der Waals surface area (Å²) in [4.78, 5) is 11.2. The van der Waals surface area contributed by atoms with Crippen LogP contribution in [0, 0.1) is 0 Å². The minimum Gasteiger partial charge on any atom is -0.505 e. The molecule has 8 nitrogen and oxygen atoms in total. The van der Waals surface area contributed by atoms with Gasteiger partial charge < -0.3 is 21.1 Å². The third-order valence-corrected chi connectivity index (χ3v) is 8.07. The lowest BCUT2D eigenvalue weighted by Crippen LogP contribution is -2.43. The Morgan fingerprint density at radius 3 is 2.30 bits per heavy atom. The molecule has 2 aromatic heterocycles. The van der Waals surface area contributed by atoms with Gasteiger partial charge in [-0.25, -0.2) is 13.4 Å². The third kappa shape index (κ3) is 7.15. The molecule has 0 bridgehead atoms. The number of pyridine rings is 2. The summed E-state index contributed by atoms with van der Waals surface area (Å²) in [6, 6.07) is 12.5. The summed E-state index contributed by atoms with van der Waals surface area (Å²) < 4.78 is 25.4. The van der Waals surface area contributed by atoms with Crippen molar-refractivity contribution in [3.05, 3.63) is 64.9 Å². The van der Waals surface area contributed by atoms with Crippen LogP contribution in [0.1, 0.15) is 12.8 Å². The van der Waals surface area contributed by atoms with Crippen LogP contribution in [-0.4, -0.2) is 48.9 Å². The molecule has 5 rings (SSSR count). The number of hydrogen-bond donors (Lipinski definition) is 3. The van der Waals surface area contributed by atoms with E-state index in [1.807, 2.05) is 24.3 Å². The van der Waals surface area contributed by atoms with Crippen molar-refractivity contribution in [3.63, 3.8) is 0 Å². The number of hydrogen-bond acceptors (Lipinski definition) is 8. The van der Waals surface area contributed by atoms with Crippen molar-refractivity contribution in [2.75, 3.05) is 29.6 Å². The molecular formula is C26H28Cl5N5O3S. The molecule has 0 aliphatic carbocycles. The Kier molecular flexibility index (Phi) is 11.6. The number of rotatable bonds is 5. The second kappa shape index (κ2) is 13.6. The first-order chi connectivity index (χ1) is 17.6. The number of nitrogens with zero attached hydrogens (tertiary/aromatic N) is 3. The molecule has 0 radical (unpaired) electrons. The van der Waals surface area contributed by atoms with Crippen LogP contribution in [0.3, 0.4) is 0 Å². The number of phenolic OH excluding ortho intramolecular Hbond substituents is 1. The lowest BCUT2D eigenvalue weighted by Gasteiger charge is -2.31. The number of benzene rings is 2. The molecule has 1 unspecified atom stereocenters. The van der Waals surface area contributed by atoms with E-state index in [9.17, 15) is 13.5 Å². The number of phenols is 1. The number of piperidine rings is 1. The maximum absolute atomic E-state index is 12.7. The van der Waals surface area contributed by atoms with E-state index in [4.69, 9.17) is 28.9 Å². The van der Waals surface area contributed by atoms with Crippen LogP contribution < -0.4 is 16.0 Å². The average molecular weight is 668 g/mol. The van der Waals surface area contributed by atoms with Crippen molar-refractivity contribution >= 4 is 98.4 Å². The molecule has 1 fully saturated rings. The van der Waals surface area contributed by atoms with Gasteiger partial charge in [-0.05, 0) is 60.4 Å². The zero-order chi connectivity index (χ0) is 26.3. The zero-order valence-corrected chi connectivity index (χ0v) is 26.0. The Morgan fingerprint density at radius 2 is 1.70 bits per heavy atom. The van der Waals surface area contributed by atoms with Crippen molar-refractivity contribution in [1.82, 2.24) is 9.97 Å². The van der Waals surface area contributed by atoms with Gasteiger partial charge in [-0.1, -0.05) is 29.3 Å². The highest BCUT2D eigenvalue weighted by Crippen LogP contribution is 2.39. The third-order valence-electron chi connectivity index (χ3n) is 6.38. The van der Waals surface area contributed by atoms with Gasteiger partial charge in [0.15, 0.2) is 15.6 Å². The highest BCUT2D eigenvalue weighted by molar-refractivity contribution is 7.90. The van der Waals surface area contributed by atoms with Crippen LogP contribution in [0.4, 0.5) is 17.2 Å². The summed E-state index contributed by atoms with van der Waals surface area (Å²) in [6.07, 6.45) is 6.20. The summed E-state index contributed by atoms with van der Waals surface area (Å²) in [6.45, 7) is 1.65. The van der Waals surface area contributed by atoms with Crippen LogP contribution in [0.25, 0.3) is 22.0 Å². The van der Waals surface area contributed by atoms with Gasteiger partial charge in [0.1, 0.15) is 10.7 Å². The van der Waals surface area contributed by atoms with Crippen LogP contribution in [0.15, 0.2) is 59.8 Å². The van der Waals surface area contributed by atoms with Crippen molar-refractivity contribution < 1.29 is 13.5 Å². The van der Waals surface area contributed by atoms with E-state index >= 15 is 0 Å². The summed E-state index contributed by atoms with van der Waals surface area (Å²) in [5.74, 6) is 0.630. The van der Waals surface area contributed by atoms with Crippen LogP contribution >= 0.6 is 60.4 Å². The summed E-state index contributed by atoms with van der Waals surface area (Å²) >= 11 is 12.3. The number of nitrogens with two attached hydrogens (primary N) is 1. The number of aromatic nitrogens is 2. The molecule has 1 aliphatic heterocycles. The Morgan fingerprint density at radius 1 is 1.00 bits per heavy atom. The first-order valence-electron chi connectivity index (χ1n) is 11.6. The van der Waals surface area contributed by atoms with E-state index in [2.05, 4.69) is 20.2 Å². The predicted molar refractivity (Wildman–Crippen MR) is 171 cm³/mol. The zero-order valence-electron chi connectivity index (χ0n) is 21.2. The Balaban J connectivity index is 0.00000187. The predicted octanol–water partition coefficient (Wildman–Crippen LogP) is 6.65. The van der Waals surface area contributed by atoms with Gasteiger partial charge in [-0.3, -0.25) is 4.98 Å². The van der Waals surface area contributed by atoms with Gasteiger partial charge >= 0.3 is 0 Å². The molecule has 40 heavy (non-hydrogen) atoms. The molecule has 3 heterocycles. The fraction of sp³-hybridized carbons (Fsp3) is 0.231. The monoisotopic (exact) mass is 665 g/mol. The molecule has 0 saturated carbocycles. The molecule has 0 spiro atoms. The summed E-state index contributed by atoms with van der Waals surface area (Å²) in [5, 5.41) is 14.0. The van der Waals surface area contributed by atoms with Gasteiger partial charge in [-0.15, -0.1) is 37.2 Å². The first kappa shape index (κ1) is 34.0. The number of fused-ring (bicyclic) bond motifs is 1. The molecule has 4 N–H and O–H groups in total. The van der Waals surface area contributed by atoms with E-state index in [0.29, 0.717) is 27.8 Å². The van der Waals surface area contributed by atoms with Crippen molar-refractivity contribution in [1.29, 1.82) is 0 Å². The smallest absolute Gasteiger partial charge is 0.179 e. The second-order valence-electron chi connectivity index (χ2n) is 9.17. The standard InChI is InChI=1S/C26H25Cl2N5O3S.3ClH/c1-37(35,36)23-13-30-22-6-4-15(16-10-20(27)26(34)21(28)11-16)9-19(22)25(23)32-18-5-7-24(31-12-18)33-8-2-3-17(29)14-33;;;/h4-7,9-13,17,34H,2-3,8,14,29H2,1H3,(H,30,32);3*1H. The molecule has 1 aliphatic rings. The van der Waals surface area contributed by atoms with Crippen molar-refractivity contribution in [2.45, 2.75) is 23.8 Å². The SMILES string of the molecule is CS(=O)(=O)c1cnc2ccc(-c3cc(Cl)c(O)c(Cl)c3)cc2c1Nc1ccc(N2CCCC(N)C2)nc1.Cl.Cl.Cl. The molecule has 2 aromatic carbocycles. The molecule has 1 saturated heterocycles. The van der Waals surface area contributed by atoms with Crippen LogP contribution in [0.2, 0.25) is 10.0 Å². The lowest BCUT2D eigenvalue weighted by atomic mass is 10.0. The Labute approximate surface area is 261 Å². The average Bonchev–Trinajstić information content (AvgIpc) is 2.86. The molecule has 1 atom stereocenters. The topological polar surface area (TPSA) is 121 Å². The maximum Gasteiger partial charge on any atom is 0.179 e. The first-order valence-corrected chi connectivity index (χ1v) is 14.3. The van der Waals surface area contributed by atoms with Crippen molar-refractivity contribution in [2.24, 2.45) is 5.73 Å². The Bertz CT molecular complexity index is 1580. The highest BCUT2D eigenvalue weighted by atomic mass is 35.5. The minimum atomic E-state index is -3.62. The number of anilines is 3. The number of aromatic hydroxyl groups is 1. The van der Waals surface area contributed by atoms with E-state index in [1.165, 1.54) is 6.20 Å². The van der Waals surface area contributed by atoms with Crippen LogP contribution in [0.5, 0.6) is 5.75 Å². The molecule has 216 valence electrons. The van der Waals surface area contributed by atoms with Gasteiger partial charge in [0.05, 0.1) is 33.1 Å². The van der Waals surface area contributed by atoms with Gasteiger partial charge in [0.25, 0.3) is 0 Å². The van der Waals surface area contributed by atoms with Crippen molar-refractivity contribution in [3.8, 4) is 16.9 Å². The van der Waals surface area contributed by atoms with Gasteiger partial charge in [-0.2, -0.15) is 0 Å². The van der Waals surface area contributed by atoms with E-state index in [1.54, 1.807) is 24.4 Å². The highest BCUT2D eigenvalue weighted by Gasteiger charge is 2.20. The van der Waals surface area contributed by atoms with Gasteiger partial charge in [0, 0.05) is 37.0 Å². The fourth-order valence-electron chi connectivity index (χ4n) is 4.51. The quantitative estimate of drug-likeness (QED) is 0.216. The summed E-state index contributed by atoms with van der Waals surface area (Å²) in [5.41, 5.74) is 9.11. The van der Waals surface area contributed by atoms with Gasteiger partial charge in [0.2, 0.25) is 0 Å². The largest absolute Gasteiger partial charge is 0.505 e. The normalized spacial score (nSPS) is 15.0. The number of nitrogens with one attached hydrogen (secondary N) is 1. The van der Waals surface area contributed by atoms with E-state index < -0.39 is 9.84 Å². The lowest BCUT2D eigenvalue weighted by molar-refractivity contribution is 0.476. The Hall–Kier alpha value is -2.24. The fourth-order valence-corrected chi connectivity index (χ4v) is 5.77. The second-order valence-corrected chi connectivity index (χ2v) is 12.0. The van der Waals surface area contributed by atoms with Crippen LogP contribution in [-0.2, 0) is 9.84 Å². The molecule has 4 aromatic rings.